The second-order valence-corrected chi connectivity index (χ2v) is 6.47. The van der Waals surface area contributed by atoms with Crippen molar-refractivity contribution >= 4 is 5.91 Å². The van der Waals surface area contributed by atoms with Gasteiger partial charge < -0.3 is 23.9 Å². The van der Waals surface area contributed by atoms with Gasteiger partial charge >= 0.3 is 0 Å². The second-order valence-electron chi connectivity index (χ2n) is 6.47. The van der Waals surface area contributed by atoms with Crippen LogP contribution in [0.3, 0.4) is 0 Å². The molecule has 2 aromatic carbocycles. The molecule has 0 aliphatic carbocycles. The Labute approximate surface area is 169 Å². The first-order valence-corrected chi connectivity index (χ1v) is 9.14. The molecule has 7 heteroatoms. The molecule has 0 aliphatic heterocycles. The first kappa shape index (κ1) is 20.4. The highest BCUT2D eigenvalue weighted by atomic mass is 16.5. The molecule has 7 nitrogen and oxygen atoms in total. The molecule has 0 bridgehead atoms. The monoisotopic (exact) mass is 396 g/mol. The summed E-state index contributed by atoms with van der Waals surface area (Å²) in [5.41, 5.74) is 1.82. The molecule has 1 heterocycles. The molecule has 1 atom stereocenters. The van der Waals surface area contributed by atoms with Crippen LogP contribution in [0.25, 0.3) is 22.8 Å². The van der Waals surface area contributed by atoms with Gasteiger partial charge in [-0.3, -0.25) is 4.79 Å². The van der Waals surface area contributed by atoms with E-state index in [0.717, 1.165) is 5.56 Å². The van der Waals surface area contributed by atoms with Crippen LogP contribution < -0.4 is 14.8 Å². The van der Waals surface area contributed by atoms with Crippen LogP contribution >= 0.6 is 0 Å². The van der Waals surface area contributed by atoms with Crippen molar-refractivity contribution in [2.24, 2.45) is 0 Å². The Morgan fingerprint density at radius 1 is 1.10 bits per heavy atom. The fourth-order valence-corrected chi connectivity index (χ4v) is 2.99. The number of hydrogen-bond acceptors (Lipinski definition) is 6. The van der Waals surface area contributed by atoms with Gasteiger partial charge in [0.15, 0.2) is 5.76 Å². The summed E-state index contributed by atoms with van der Waals surface area (Å²) in [6.07, 6.45) is 1.61. The lowest BCUT2D eigenvalue weighted by atomic mass is 10.1. The minimum atomic E-state index is -0.216. The first-order chi connectivity index (χ1) is 14.1. The van der Waals surface area contributed by atoms with E-state index in [1.54, 1.807) is 51.8 Å². The van der Waals surface area contributed by atoms with Crippen molar-refractivity contribution in [2.75, 3.05) is 27.9 Å². The van der Waals surface area contributed by atoms with Crippen LogP contribution in [0, 0.1) is 0 Å². The Kier molecular flexibility index (Phi) is 6.51. The number of carbonyl (C=O) groups excluding carboxylic acids is 1. The van der Waals surface area contributed by atoms with Crippen molar-refractivity contribution in [1.29, 1.82) is 0 Å². The highest BCUT2D eigenvalue weighted by Gasteiger charge is 2.19. The Balaban J connectivity index is 1.93. The summed E-state index contributed by atoms with van der Waals surface area (Å²) in [5, 5.41) is 2.91. The average molecular weight is 396 g/mol. The van der Waals surface area contributed by atoms with Gasteiger partial charge in [-0.1, -0.05) is 12.1 Å². The lowest BCUT2D eigenvalue weighted by Gasteiger charge is -2.14. The summed E-state index contributed by atoms with van der Waals surface area (Å²) in [4.78, 5) is 17.1. The topological polar surface area (TPSA) is 82.8 Å². The molecule has 0 fully saturated rings. The van der Waals surface area contributed by atoms with E-state index >= 15 is 0 Å². The lowest BCUT2D eigenvalue weighted by Crippen LogP contribution is -2.35. The van der Waals surface area contributed by atoms with Gasteiger partial charge in [0.2, 0.25) is 5.89 Å². The number of rotatable bonds is 8. The zero-order valence-corrected chi connectivity index (χ0v) is 16.9. The summed E-state index contributed by atoms with van der Waals surface area (Å²) in [6.45, 7) is 2.30. The van der Waals surface area contributed by atoms with Crippen LogP contribution in [0.4, 0.5) is 0 Å². The summed E-state index contributed by atoms with van der Waals surface area (Å²) < 4.78 is 21.7. The fraction of sp³-hybridized carbons (Fsp3) is 0.273. The molecule has 1 N–H and O–H groups in total. The third-order valence-electron chi connectivity index (χ3n) is 4.38. The largest absolute Gasteiger partial charge is 0.497 e. The van der Waals surface area contributed by atoms with E-state index in [0.29, 0.717) is 40.9 Å². The van der Waals surface area contributed by atoms with E-state index in [1.807, 2.05) is 25.1 Å². The van der Waals surface area contributed by atoms with Crippen LogP contribution in [-0.2, 0) is 4.74 Å². The van der Waals surface area contributed by atoms with Gasteiger partial charge in [0, 0.05) is 24.8 Å². The van der Waals surface area contributed by atoms with Gasteiger partial charge in [0.05, 0.1) is 38.2 Å². The third-order valence-corrected chi connectivity index (χ3v) is 4.38. The third kappa shape index (κ3) is 4.57. The summed E-state index contributed by atoms with van der Waals surface area (Å²) in [7, 11) is 4.77. The Morgan fingerprint density at radius 2 is 1.90 bits per heavy atom. The molecule has 152 valence electrons. The highest BCUT2D eigenvalue weighted by Crippen LogP contribution is 2.35. The number of benzene rings is 2. The predicted molar refractivity (Wildman–Crippen MR) is 109 cm³/mol. The maximum Gasteiger partial charge on any atom is 0.252 e. The Morgan fingerprint density at radius 3 is 2.62 bits per heavy atom. The van der Waals surface area contributed by atoms with Gasteiger partial charge in [-0.2, -0.15) is 0 Å². The van der Waals surface area contributed by atoms with Crippen molar-refractivity contribution in [2.45, 2.75) is 13.0 Å². The van der Waals surface area contributed by atoms with Gasteiger partial charge in [-0.05, 0) is 31.2 Å². The minimum Gasteiger partial charge on any atom is -0.497 e. The number of nitrogens with zero attached hydrogens (tertiary/aromatic N) is 1. The number of nitrogens with one attached hydrogen (secondary N) is 1. The quantitative estimate of drug-likeness (QED) is 0.624. The van der Waals surface area contributed by atoms with Crippen LogP contribution in [-0.4, -0.2) is 44.9 Å². The molecule has 0 saturated carbocycles. The fourth-order valence-electron chi connectivity index (χ4n) is 2.99. The van der Waals surface area contributed by atoms with E-state index in [1.165, 1.54) is 0 Å². The molecule has 0 unspecified atom stereocenters. The number of oxazole rings is 1. The minimum absolute atomic E-state index is 0.121. The normalized spacial score (nSPS) is 11.7. The SMILES string of the molecule is COC[C@H](C)NC(=O)c1ccccc1-c1ncc(-c2ccc(OC)cc2OC)o1. The number of hydrogen-bond donors (Lipinski definition) is 1. The molecule has 1 amide bonds. The number of ether oxygens (including phenoxy) is 3. The number of aromatic nitrogens is 1. The Hall–Kier alpha value is -3.32. The number of amides is 1. The van der Waals surface area contributed by atoms with Gasteiger partial charge in [-0.15, -0.1) is 0 Å². The molecule has 1 aromatic heterocycles. The molecular weight excluding hydrogens is 372 g/mol. The van der Waals surface area contributed by atoms with E-state index in [-0.39, 0.29) is 11.9 Å². The van der Waals surface area contributed by atoms with Crippen molar-refractivity contribution < 1.29 is 23.4 Å². The van der Waals surface area contributed by atoms with Crippen molar-refractivity contribution in [1.82, 2.24) is 10.3 Å². The van der Waals surface area contributed by atoms with Crippen molar-refractivity contribution in [3.05, 3.63) is 54.2 Å². The van der Waals surface area contributed by atoms with Crippen molar-refractivity contribution in [3.8, 4) is 34.3 Å². The molecule has 3 aromatic rings. The van der Waals surface area contributed by atoms with E-state index in [2.05, 4.69) is 10.3 Å². The highest BCUT2D eigenvalue weighted by molar-refractivity contribution is 6.00. The summed E-state index contributed by atoms with van der Waals surface area (Å²) >= 11 is 0. The number of carbonyl (C=O) groups is 1. The predicted octanol–water partition coefficient (Wildman–Crippen LogP) is 3.79. The molecule has 0 spiro atoms. The van der Waals surface area contributed by atoms with Crippen molar-refractivity contribution in [3.63, 3.8) is 0 Å². The zero-order valence-electron chi connectivity index (χ0n) is 16.9. The smallest absolute Gasteiger partial charge is 0.252 e. The zero-order chi connectivity index (χ0) is 20.8. The molecule has 0 saturated heterocycles. The van der Waals surface area contributed by atoms with Gasteiger partial charge in [-0.25, -0.2) is 4.98 Å². The van der Waals surface area contributed by atoms with E-state index < -0.39 is 0 Å². The second kappa shape index (κ2) is 9.25. The van der Waals surface area contributed by atoms with Crippen LogP contribution in [0.15, 0.2) is 53.1 Å². The number of methoxy groups -OCH3 is 3. The lowest BCUT2D eigenvalue weighted by molar-refractivity contribution is 0.0906. The summed E-state index contributed by atoms with van der Waals surface area (Å²) in [6, 6.07) is 12.5. The maximum absolute atomic E-state index is 12.7. The first-order valence-electron chi connectivity index (χ1n) is 9.14. The standard InChI is InChI=1S/C22H24N2O5/c1-14(13-26-2)24-21(25)16-7-5-6-8-17(16)22-23-12-20(29-22)18-10-9-15(27-3)11-19(18)28-4/h5-12,14H,13H2,1-4H3,(H,24,25)/t14-/m0/s1. The van der Waals surface area contributed by atoms with Gasteiger partial charge in [0.25, 0.3) is 5.91 Å². The van der Waals surface area contributed by atoms with E-state index in [4.69, 9.17) is 18.6 Å². The van der Waals surface area contributed by atoms with Crippen LogP contribution in [0.2, 0.25) is 0 Å². The van der Waals surface area contributed by atoms with Gasteiger partial charge in [0.1, 0.15) is 11.5 Å². The molecule has 29 heavy (non-hydrogen) atoms. The molecule has 0 aliphatic rings. The van der Waals surface area contributed by atoms with E-state index in [9.17, 15) is 4.79 Å². The average Bonchev–Trinajstić information content (AvgIpc) is 3.23. The Bertz CT molecular complexity index is 983. The molecular formula is C22H24N2O5. The van der Waals surface area contributed by atoms with Crippen LogP contribution in [0.1, 0.15) is 17.3 Å². The summed E-state index contributed by atoms with van der Waals surface area (Å²) in [5.74, 6) is 1.95. The maximum atomic E-state index is 12.7. The van der Waals surface area contributed by atoms with Crippen LogP contribution in [0.5, 0.6) is 11.5 Å². The molecule has 3 rings (SSSR count). The molecule has 0 radical (unpaired) electrons.